The first-order chi connectivity index (χ1) is 15.2. The van der Waals surface area contributed by atoms with E-state index in [9.17, 15) is 4.79 Å². The Bertz CT molecular complexity index is 980. The summed E-state index contributed by atoms with van der Waals surface area (Å²) < 4.78 is 7.09. The molecule has 6 rings (SSSR count). The number of fused-ring (bicyclic) bond motifs is 2. The number of nitrogens with zero attached hydrogens (tertiary/aromatic N) is 6. The maximum atomic E-state index is 11.8. The maximum Gasteiger partial charge on any atom is 0.410 e. The lowest BCUT2D eigenvalue weighted by molar-refractivity contribution is 0.157. The SMILES string of the molecule is Cn1cc(C2CCC3NNC(c4cc(N5CCN6C(=O)OCC6C5)ncn4)C3C2)cn1. The minimum atomic E-state index is -0.194. The summed E-state index contributed by atoms with van der Waals surface area (Å²) >= 11 is 0. The summed E-state index contributed by atoms with van der Waals surface area (Å²) in [5.41, 5.74) is 9.39. The molecule has 4 aliphatic rings. The van der Waals surface area contributed by atoms with Crippen molar-refractivity contribution in [3.63, 3.8) is 0 Å². The van der Waals surface area contributed by atoms with Gasteiger partial charge in [0.25, 0.3) is 0 Å². The Labute approximate surface area is 180 Å². The van der Waals surface area contributed by atoms with Gasteiger partial charge in [0.15, 0.2) is 0 Å². The number of carbonyl (C=O) groups is 1. The molecule has 2 aromatic heterocycles. The number of aryl methyl sites for hydroxylation is 1. The van der Waals surface area contributed by atoms with Crippen molar-refractivity contribution in [1.82, 2.24) is 35.5 Å². The largest absolute Gasteiger partial charge is 0.447 e. The van der Waals surface area contributed by atoms with Gasteiger partial charge in [-0.3, -0.25) is 15.0 Å². The van der Waals surface area contributed by atoms with E-state index in [4.69, 9.17) is 4.74 Å². The first-order valence-corrected chi connectivity index (χ1v) is 11.2. The predicted molar refractivity (Wildman–Crippen MR) is 112 cm³/mol. The number of piperazine rings is 1. The Balaban J connectivity index is 1.20. The number of hydrogen-bond donors (Lipinski definition) is 2. The third-order valence-corrected chi connectivity index (χ3v) is 7.38. The van der Waals surface area contributed by atoms with Crippen LogP contribution in [0.1, 0.15) is 42.5 Å². The molecule has 5 heterocycles. The predicted octanol–water partition coefficient (Wildman–Crippen LogP) is 0.952. The van der Waals surface area contributed by atoms with E-state index >= 15 is 0 Å². The average molecular weight is 425 g/mol. The topological polar surface area (TPSA) is 100 Å². The summed E-state index contributed by atoms with van der Waals surface area (Å²) in [7, 11) is 1.98. The number of nitrogens with one attached hydrogen (secondary N) is 2. The molecule has 0 radical (unpaired) electrons. The summed E-state index contributed by atoms with van der Waals surface area (Å²) in [6.45, 7) is 2.63. The van der Waals surface area contributed by atoms with Crippen LogP contribution in [0.3, 0.4) is 0 Å². The van der Waals surface area contributed by atoms with Gasteiger partial charge in [0.1, 0.15) is 18.8 Å². The van der Waals surface area contributed by atoms with Crippen LogP contribution in [0.2, 0.25) is 0 Å². The molecule has 1 amide bonds. The molecule has 4 fully saturated rings. The molecule has 0 spiro atoms. The number of amides is 1. The van der Waals surface area contributed by atoms with Crippen molar-refractivity contribution in [1.29, 1.82) is 0 Å². The quantitative estimate of drug-likeness (QED) is 0.751. The van der Waals surface area contributed by atoms with Gasteiger partial charge in [-0.25, -0.2) is 20.2 Å². The van der Waals surface area contributed by atoms with E-state index in [2.05, 4.69) is 43.1 Å². The number of hydrazine groups is 1. The lowest BCUT2D eigenvalue weighted by atomic mass is 9.73. The number of hydrogen-bond acceptors (Lipinski definition) is 8. The molecule has 5 unspecified atom stereocenters. The van der Waals surface area contributed by atoms with E-state index in [0.717, 1.165) is 37.4 Å². The molecule has 5 atom stereocenters. The van der Waals surface area contributed by atoms with E-state index in [1.807, 2.05) is 22.8 Å². The molecule has 3 aliphatic heterocycles. The van der Waals surface area contributed by atoms with E-state index in [-0.39, 0.29) is 18.2 Å². The highest BCUT2D eigenvalue weighted by Gasteiger charge is 2.43. The Morgan fingerprint density at radius 1 is 1.19 bits per heavy atom. The van der Waals surface area contributed by atoms with Crippen LogP contribution in [0.15, 0.2) is 24.8 Å². The van der Waals surface area contributed by atoms with Crippen molar-refractivity contribution in [2.45, 2.75) is 43.3 Å². The highest BCUT2D eigenvalue weighted by molar-refractivity contribution is 5.70. The highest BCUT2D eigenvalue weighted by Crippen LogP contribution is 2.43. The number of aromatic nitrogens is 4. The van der Waals surface area contributed by atoms with Crippen LogP contribution in [0, 0.1) is 5.92 Å². The van der Waals surface area contributed by atoms with E-state index in [1.54, 1.807) is 6.33 Å². The lowest BCUT2D eigenvalue weighted by Crippen LogP contribution is -2.52. The zero-order valence-corrected chi connectivity index (χ0v) is 17.6. The van der Waals surface area contributed by atoms with Crippen molar-refractivity contribution in [2.24, 2.45) is 13.0 Å². The smallest absolute Gasteiger partial charge is 0.410 e. The Morgan fingerprint density at radius 2 is 2.13 bits per heavy atom. The summed E-state index contributed by atoms with van der Waals surface area (Å²) in [6.07, 6.45) is 9.07. The molecule has 10 nitrogen and oxygen atoms in total. The summed E-state index contributed by atoms with van der Waals surface area (Å²) in [5.74, 6) is 1.93. The fraction of sp³-hybridized carbons (Fsp3) is 0.619. The van der Waals surface area contributed by atoms with Crippen LogP contribution in [-0.2, 0) is 11.8 Å². The number of carbonyl (C=O) groups excluding carboxylic acids is 1. The highest BCUT2D eigenvalue weighted by atomic mass is 16.6. The van der Waals surface area contributed by atoms with E-state index in [1.165, 1.54) is 12.0 Å². The van der Waals surface area contributed by atoms with Crippen LogP contribution >= 0.6 is 0 Å². The monoisotopic (exact) mass is 424 g/mol. The Kier molecular flexibility index (Phi) is 4.57. The van der Waals surface area contributed by atoms with Crippen molar-refractivity contribution >= 4 is 11.9 Å². The minimum Gasteiger partial charge on any atom is -0.447 e. The van der Waals surface area contributed by atoms with Gasteiger partial charge in [0.2, 0.25) is 0 Å². The van der Waals surface area contributed by atoms with Crippen LogP contribution < -0.4 is 15.8 Å². The molecule has 10 heteroatoms. The first-order valence-electron chi connectivity index (χ1n) is 11.2. The van der Waals surface area contributed by atoms with Gasteiger partial charge in [0.05, 0.1) is 24.0 Å². The van der Waals surface area contributed by atoms with Gasteiger partial charge >= 0.3 is 6.09 Å². The second kappa shape index (κ2) is 7.45. The zero-order valence-electron chi connectivity index (χ0n) is 17.6. The molecule has 164 valence electrons. The van der Waals surface area contributed by atoms with Gasteiger partial charge < -0.3 is 9.64 Å². The van der Waals surface area contributed by atoms with Gasteiger partial charge in [-0.05, 0) is 36.7 Å². The summed E-state index contributed by atoms with van der Waals surface area (Å²) in [5, 5.41) is 4.37. The molecular formula is C21H28N8O2. The molecule has 1 saturated carbocycles. The standard InChI is InChI=1S/C21H28N8O2/c1-27-9-14(8-24-27)13-2-3-17-16(6-13)20(26-25-17)18-7-19(23-12-22-18)28-4-5-29-15(10-28)11-31-21(29)30/h7-9,12-13,15-17,20,25-26H,2-6,10-11H2,1H3. The zero-order chi connectivity index (χ0) is 20.9. The molecule has 1 aliphatic carbocycles. The van der Waals surface area contributed by atoms with Crippen molar-refractivity contribution < 1.29 is 9.53 Å². The van der Waals surface area contributed by atoms with Crippen LogP contribution in [0.4, 0.5) is 10.6 Å². The number of cyclic esters (lactones) is 1. The Morgan fingerprint density at radius 3 is 3.00 bits per heavy atom. The fourth-order valence-corrected chi connectivity index (χ4v) is 5.71. The van der Waals surface area contributed by atoms with Crippen LogP contribution in [-0.4, -0.2) is 69.1 Å². The number of anilines is 1. The Hall–Kier alpha value is -2.72. The summed E-state index contributed by atoms with van der Waals surface area (Å²) in [6, 6.07) is 2.84. The molecule has 0 bridgehead atoms. The van der Waals surface area contributed by atoms with E-state index in [0.29, 0.717) is 31.0 Å². The van der Waals surface area contributed by atoms with Gasteiger partial charge in [-0.2, -0.15) is 5.10 Å². The maximum absolute atomic E-state index is 11.8. The third-order valence-electron chi connectivity index (χ3n) is 7.38. The molecule has 0 aromatic carbocycles. The second-order valence-electron chi connectivity index (χ2n) is 9.17. The van der Waals surface area contributed by atoms with Gasteiger partial charge in [-0.15, -0.1) is 0 Å². The average Bonchev–Trinajstić information content (AvgIpc) is 3.52. The first kappa shape index (κ1) is 19.0. The second-order valence-corrected chi connectivity index (χ2v) is 9.17. The fourth-order valence-electron chi connectivity index (χ4n) is 5.71. The molecule has 2 N–H and O–H groups in total. The van der Waals surface area contributed by atoms with Crippen LogP contribution in [0.5, 0.6) is 0 Å². The molecule has 3 saturated heterocycles. The van der Waals surface area contributed by atoms with Crippen LogP contribution in [0.25, 0.3) is 0 Å². The number of rotatable bonds is 3. The molecule has 2 aromatic rings. The number of ether oxygens (including phenoxy) is 1. The minimum absolute atomic E-state index is 0.105. The molecule has 31 heavy (non-hydrogen) atoms. The molecular weight excluding hydrogens is 396 g/mol. The third kappa shape index (κ3) is 3.34. The lowest BCUT2D eigenvalue weighted by Gasteiger charge is -2.36. The van der Waals surface area contributed by atoms with Crippen molar-refractivity contribution in [3.05, 3.63) is 36.0 Å². The van der Waals surface area contributed by atoms with E-state index < -0.39 is 0 Å². The van der Waals surface area contributed by atoms with Crippen molar-refractivity contribution in [2.75, 3.05) is 31.1 Å². The van der Waals surface area contributed by atoms with Crippen molar-refractivity contribution in [3.8, 4) is 0 Å². The van der Waals surface area contributed by atoms with Gasteiger partial charge in [-0.1, -0.05) is 0 Å². The summed E-state index contributed by atoms with van der Waals surface area (Å²) in [4.78, 5) is 25.0. The van der Waals surface area contributed by atoms with Gasteiger partial charge in [0, 0.05) is 45.0 Å². The normalized spacial score (nSPS) is 32.7.